The van der Waals surface area contributed by atoms with Crippen molar-refractivity contribution in [3.8, 4) is 0 Å². The number of likely N-dealkylation sites (tertiary alicyclic amines) is 1. The van der Waals surface area contributed by atoms with E-state index in [1.165, 1.54) is 4.90 Å². The zero-order valence-corrected chi connectivity index (χ0v) is 11.3. The fourth-order valence-corrected chi connectivity index (χ4v) is 2.29. The molecule has 5 nitrogen and oxygen atoms in total. The molecule has 1 aromatic heterocycles. The van der Waals surface area contributed by atoms with Crippen LogP contribution in [0.1, 0.15) is 30.3 Å². The number of hydrogen-bond acceptors (Lipinski definition) is 4. The van der Waals surface area contributed by atoms with Crippen LogP contribution in [0.25, 0.3) is 0 Å². The first-order chi connectivity index (χ1) is 10.1. The summed E-state index contributed by atoms with van der Waals surface area (Å²) in [6, 6.07) is -1.13. The van der Waals surface area contributed by atoms with Crippen LogP contribution in [0, 0.1) is 0 Å². The lowest BCUT2D eigenvalue weighted by Crippen LogP contribution is -2.45. The van der Waals surface area contributed by atoms with E-state index in [-0.39, 0.29) is 18.7 Å². The lowest BCUT2D eigenvalue weighted by molar-refractivity contribution is -0.145. The standard InChI is InChI=1S/C12H13F5N4O/c13-11(14)1-3-21(4-2-11)8(9(18)22)7-5-19-10(20-6-7)12(15,16)17/h5-6,8H,1-4H2,(H2,18,22)/t8-/m0/s1. The summed E-state index contributed by atoms with van der Waals surface area (Å²) in [4.78, 5) is 19.3. The third kappa shape index (κ3) is 3.67. The fourth-order valence-electron chi connectivity index (χ4n) is 2.29. The number of hydrogen-bond donors (Lipinski definition) is 1. The molecule has 1 atom stereocenters. The highest BCUT2D eigenvalue weighted by molar-refractivity contribution is 5.81. The van der Waals surface area contributed by atoms with Crippen LogP contribution in [0.4, 0.5) is 22.0 Å². The van der Waals surface area contributed by atoms with E-state index in [0.29, 0.717) is 0 Å². The minimum atomic E-state index is -4.70. The molecule has 0 saturated carbocycles. The number of nitrogens with two attached hydrogens (primary N) is 1. The Labute approximate surface area is 122 Å². The van der Waals surface area contributed by atoms with Crippen molar-refractivity contribution in [1.82, 2.24) is 14.9 Å². The van der Waals surface area contributed by atoms with Crippen LogP contribution >= 0.6 is 0 Å². The molecule has 1 aliphatic rings. The molecule has 1 amide bonds. The van der Waals surface area contributed by atoms with Gasteiger partial charge in [-0.2, -0.15) is 13.2 Å². The Hall–Kier alpha value is -1.84. The summed E-state index contributed by atoms with van der Waals surface area (Å²) in [5, 5.41) is 0. The first kappa shape index (κ1) is 16.5. The van der Waals surface area contributed by atoms with Gasteiger partial charge in [0, 0.05) is 43.9 Å². The number of primary amides is 1. The van der Waals surface area contributed by atoms with E-state index < -0.39 is 42.7 Å². The van der Waals surface area contributed by atoms with Crippen LogP contribution in [-0.4, -0.2) is 39.8 Å². The quantitative estimate of drug-likeness (QED) is 0.860. The van der Waals surface area contributed by atoms with Crippen LogP contribution < -0.4 is 5.73 Å². The second-order valence-corrected chi connectivity index (χ2v) is 5.03. The highest BCUT2D eigenvalue weighted by Gasteiger charge is 2.39. The van der Waals surface area contributed by atoms with Crippen LogP contribution in [0.2, 0.25) is 0 Å². The summed E-state index contributed by atoms with van der Waals surface area (Å²) in [6.07, 6.45) is -3.90. The zero-order valence-electron chi connectivity index (χ0n) is 11.3. The SMILES string of the molecule is NC(=O)[C@H](c1cnc(C(F)(F)F)nc1)N1CCC(F)(F)CC1. The Kier molecular flexibility index (Phi) is 4.32. The molecule has 10 heteroatoms. The predicted octanol–water partition coefficient (Wildman–Crippen LogP) is 1.75. The Balaban J connectivity index is 2.20. The molecule has 1 saturated heterocycles. The normalized spacial score (nSPS) is 20.6. The van der Waals surface area contributed by atoms with E-state index in [1.54, 1.807) is 0 Å². The van der Waals surface area contributed by atoms with E-state index in [1.807, 2.05) is 0 Å². The molecule has 22 heavy (non-hydrogen) atoms. The van der Waals surface area contributed by atoms with Crippen molar-refractivity contribution in [3.63, 3.8) is 0 Å². The summed E-state index contributed by atoms with van der Waals surface area (Å²) in [5.74, 6) is -5.01. The largest absolute Gasteiger partial charge is 0.451 e. The third-order valence-electron chi connectivity index (χ3n) is 3.41. The molecule has 0 aromatic carbocycles. The Morgan fingerprint density at radius 3 is 2.14 bits per heavy atom. The lowest BCUT2D eigenvalue weighted by atomic mass is 10.0. The van der Waals surface area contributed by atoms with Crippen LogP contribution in [0.3, 0.4) is 0 Å². The summed E-state index contributed by atoms with van der Waals surface area (Å²) in [6.45, 7) is -0.191. The molecule has 2 rings (SSSR count). The molecule has 0 spiro atoms. The smallest absolute Gasteiger partial charge is 0.368 e. The number of piperidine rings is 1. The highest BCUT2D eigenvalue weighted by Crippen LogP contribution is 2.32. The maximum atomic E-state index is 13.1. The number of amides is 1. The number of carbonyl (C=O) groups excluding carboxylic acids is 1. The molecule has 2 heterocycles. The van der Waals surface area contributed by atoms with E-state index >= 15 is 0 Å². The lowest BCUT2D eigenvalue weighted by Gasteiger charge is -2.35. The Bertz CT molecular complexity index is 535. The molecule has 1 aliphatic heterocycles. The number of alkyl halides is 5. The molecule has 0 bridgehead atoms. The number of nitrogens with zero attached hydrogens (tertiary/aromatic N) is 3. The minimum Gasteiger partial charge on any atom is -0.368 e. The van der Waals surface area contributed by atoms with Gasteiger partial charge in [-0.05, 0) is 0 Å². The third-order valence-corrected chi connectivity index (χ3v) is 3.41. The molecule has 0 aliphatic carbocycles. The van der Waals surface area contributed by atoms with Gasteiger partial charge in [-0.3, -0.25) is 9.69 Å². The Morgan fingerprint density at radius 2 is 1.73 bits per heavy atom. The zero-order chi connectivity index (χ0) is 16.5. The average Bonchev–Trinajstić information content (AvgIpc) is 2.40. The van der Waals surface area contributed by atoms with Gasteiger partial charge >= 0.3 is 6.18 Å². The topological polar surface area (TPSA) is 72.1 Å². The second kappa shape index (κ2) is 5.75. The number of rotatable bonds is 3. The molecule has 2 N–H and O–H groups in total. The van der Waals surface area contributed by atoms with Gasteiger partial charge in [-0.15, -0.1) is 0 Å². The van der Waals surface area contributed by atoms with E-state index in [4.69, 9.17) is 5.73 Å². The van der Waals surface area contributed by atoms with Crippen molar-refractivity contribution in [2.45, 2.75) is 31.0 Å². The number of carbonyl (C=O) groups is 1. The Morgan fingerprint density at radius 1 is 1.23 bits per heavy atom. The highest BCUT2D eigenvalue weighted by atomic mass is 19.4. The van der Waals surface area contributed by atoms with Gasteiger partial charge < -0.3 is 5.73 Å². The van der Waals surface area contributed by atoms with Gasteiger partial charge in [0.1, 0.15) is 6.04 Å². The number of aromatic nitrogens is 2. The van der Waals surface area contributed by atoms with E-state index in [0.717, 1.165) is 12.4 Å². The van der Waals surface area contributed by atoms with Crippen molar-refractivity contribution in [2.24, 2.45) is 5.73 Å². The summed E-state index contributed by atoms with van der Waals surface area (Å²) >= 11 is 0. The average molecular weight is 324 g/mol. The van der Waals surface area contributed by atoms with Crippen molar-refractivity contribution >= 4 is 5.91 Å². The first-order valence-corrected chi connectivity index (χ1v) is 6.40. The first-order valence-electron chi connectivity index (χ1n) is 6.40. The summed E-state index contributed by atoms with van der Waals surface area (Å²) in [7, 11) is 0. The van der Waals surface area contributed by atoms with E-state index in [2.05, 4.69) is 9.97 Å². The van der Waals surface area contributed by atoms with E-state index in [9.17, 15) is 26.7 Å². The van der Waals surface area contributed by atoms with Gasteiger partial charge in [0.2, 0.25) is 11.7 Å². The van der Waals surface area contributed by atoms with Gasteiger partial charge in [0.15, 0.2) is 0 Å². The van der Waals surface area contributed by atoms with Gasteiger partial charge in [0.25, 0.3) is 5.92 Å². The minimum absolute atomic E-state index is 0.0470. The molecular formula is C12H13F5N4O. The van der Waals surface area contributed by atoms with Gasteiger partial charge in [-0.1, -0.05) is 0 Å². The van der Waals surface area contributed by atoms with Crippen molar-refractivity contribution in [1.29, 1.82) is 0 Å². The van der Waals surface area contributed by atoms with Crippen LogP contribution in [0.5, 0.6) is 0 Å². The molecule has 1 fully saturated rings. The monoisotopic (exact) mass is 324 g/mol. The van der Waals surface area contributed by atoms with Crippen molar-refractivity contribution < 1.29 is 26.7 Å². The molecule has 1 aromatic rings. The maximum absolute atomic E-state index is 13.1. The fraction of sp³-hybridized carbons (Fsp3) is 0.583. The number of halogens is 5. The van der Waals surface area contributed by atoms with Gasteiger partial charge in [0.05, 0.1) is 0 Å². The van der Waals surface area contributed by atoms with Gasteiger partial charge in [-0.25, -0.2) is 18.7 Å². The molecule has 122 valence electrons. The predicted molar refractivity (Wildman–Crippen MR) is 64.7 cm³/mol. The molecule has 0 unspecified atom stereocenters. The molecular weight excluding hydrogens is 311 g/mol. The van der Waals surface area contributed by atoms with Crippen LogP contribution in [0.15, 0.2) is 12.4 Å². The second-order valence-electron chi connectivity index (χ2n) is 5.03. The van der Waals surface area contributed by atoms with Crippen molar-refractivity contribution in [3.05, 3.63) is 23.8 Å². The summed E-state index contributed by atoms with van der Waals surface area (Å²) in [5.41, 5.74) is 5.29. The molecule has 0 radical (unpaired) electrons. The van der Waals surface area contributed by atoms with Crippen LogP contribution in [-0.2, 0) is 11.0 Å². The maximum Gasteiger partial charge on any atom is 0.451 e. The van der Waals surface area contributed by atoms with Crippen molar-refractivity contribution in [2.75, 3.05) is 13.1 Å². The summed E-state index contributed by atoms with van der Waals surface area (Å²) < 4.78 is 63.5.